The van der Waals surface area contributed by atoms with Gasteiger partial charge in [0.2, 0.25) is 0 Å². The van der Waals surface area contributed by atoms with Crippen LogP contribution in [0.1, 0.15) is 18.1 Å². The van der Waals surface area contributed by atoms with Gasteiger partial charge in [-0.25, -0.2) is 0 Å². The monoisotopic (exact) mass is 278 g/mol. The zero-order valence-corrected chi connectivity index (χ0v) is 12.8. The molecular weight excluding hydrogens is 252 g/mol. The van der Waals surface area contributed by atoms with E-state index in [4.69, 9.17) is 15.2 Å². The van der Waals surface area contributed by atoms with E-state index in [0.29, 0.717) is 6.61 Å². The molecular formula is C16H26N2O2. The predicted octanol–water partition coefficient (Wildman–Crippen LogP) is 1.59. The Morgan fingerprint density at radius 2 is 2.30 bits per heavy atom. The number of nitrogens with two attached hydrogens (primary N) is 1. The number of hydrogen-bond donors (Lipinski definition) is 1. The zero-order valence-electron chi connectivity index (χ0n) is 12.8. The van der Waals surface area contributed by atoms with Crippen molar-refractivity contribution in [3.05, 3.63) is 29.3 Å². The van der Waals surface area contributed by atoms with Gasteiger partial charge in [0.1, 0.15) is 18.5 Å². The molecule has 0 bridgehead atoms. The lowest BCUT2D eigenvalue weighted by atomic mass is 10.0. The quantitative estimate of drug-likeness (QED) is 0.888. The van der Waals surface area contributed by atoms with Gasteiger partial charge in [-0.3, -0.25) is 0 Å². The Morgan fingerprint density at radius 3 is 3.00 bits per heavy atom. The summed E-state index contributed by atoms with van der Waals surface area (Å²) >= 11 is 0. The van der Waals surface area contributed by atoms with Crippen LogP contribution in [0.4, 0.5) is 0 Å². The fraction of sp³-hybridized carbons (Fsp3) is 0.625. The molecule has 112 valence electrons. The first-order chi connectivity index (χ1) is 9.56. The Bertz CT molecular complexity index is 434. The molecule has 0 amide bonds. The Balaban J connectivity index is 2.00. The molecule has 1 fully saturated rings. The summed E-state index contributed by atoms with van der Waals surface area (Å²) in [5.41, 5.74) is 8.26. The first-order valence-corrected chi connectivity index (χ1v) is 7.33. The van der Waals surface area contributed by atoms with Crippen LogP contribution in [-0.2, 0) is 11.2 Å². The molecule has 4 nitrogen and oxygen atoms in total. The molecule has 1 aliphatic rings. The highest BCUT2D eigenvalue weighted by Gasteiger charge is 2.19. The maximum atomic E-state index is 6.05. The van der Waals surface area contributed by atoms with Crippen LogP contribution in [0.3, 0.4) is 0 Å². The van der Waals surface area contributed by atoms with Crippen LogP contribution in [0.2, 0.25) is 0 Å². The standard InChI is InChI=1S/C16H26N2O2/c1-12-5-4-6-14(9-13(2)17)16(12)20-11-15-10-18(3)7-8-19-15/h4-6,13,15H,7-11,17H2,1-3H3. The second-order valence-corrected chi connectivity index (χ2v) is 5.81. The van der Waals surface area contributed by atoms with Gasteiger partial charge in [-0.15, -0.1) is 0 Å². The van der Waals surface area contributed by atoms with Gasteiger partial charge < -0.3 is 20.1 Å². The number of aryl methyl sites for hydroxylation is 1. The summed E-state index contributed by atoms with van der Waals surface area (Å²) in [7, 11) is 2.12. The fourth-order valence-corrected chi connectivity index (χ4v) is 2.57. The predicted molar refractivity (Wildman–Crippen MR) is 81.3 cm³/mol. The third-order valence-electron chi connectivity index (χ3n) is 3.59. The fourth-order valence-electron chi connectivity index (χ4n) is 2.57. The lowest BCUT2D eigenvalue weighted by molar-refractivity contribution is -0.0405. The van der Waals surface area contributed by atoms with Crippen molar-refractivity contribution in [2.24, 2.45) is 5.73 Å². The van der Waals surface area contributed by atoms with Gasteiger partial charge in [0.05, 0.1) is 6.61 Å². The summed E-state index contributed by atoms with van der Waals surface area (Å²) < 4.78 is 11.8. The Labute approximate surface area is 121 Å². The van der Waals surface area contributed by atoms with E-state index in [1.807, 2.05) is 6.92 Å². The number of benzene rings is 1. The summed E-state index contributed by atoms with van der Waals surface area (Å²) in [6.07, 6.45) is 0.985. The van der Waals surface area contributed by atoms with Gasteiger partial charge in [0.15, 0.2) is 0 Å². The SMILES string of the molecule is Cc1cccc(CC(C)N)c1OCC1CN(C)CCO1. The van der Waals surface area contributed by atoms with E-state index in [1.54, 1.807) is 0 Å². The molecule has 20 heavy (non-hydrogen) atoms. The van der Waals surface area contributed by atoms with Gasteiger partial charge >= 0.3 is 0 Å². The summed E-state index contributed by atoms with van der Waals surface area (Å²) in [5, 5.41) is 0. The van der Waals surface area contributed by atoms with Gasteiger partial charge in [-0.05, 0) is 38.4 Å². The molecule has 0 aromatic heterocycles. The van der Waals surface area contributed by atoms with Crippen LogP contribution in [0.5, 0.6) is 5.75 Å². The van der Waals surface area contributed by atoms with E-state index >= 15 is 0 Å². The number of para-hydroxylation sites is 1. The molecule has 0 saturated carbocycles. The topological polar surface area (TPSA) is 47.7 Å². The van der Waals surface area contributed by atoms with Crippen LogP contribution in [0.15, 0.2) is 18.2 Å². The number of ether oxygens (including phenoxy) is 2. The molecule has 2 unspecified atom stereocenters. The molecule has 1 aliphatic heterocycles. The van der Waals surface area contributed by atoms with E-state index in [9.17, 15) is 0 Å². The van der Waals surface area contributed by atoms with Crippen LogP contribution in [0, 0.1) is 6.92 Å². The smallest absolute Gasteiger partial charge is 0.125 e. The number of likely N-dealkylation sites (N-methyl/N-ethyl adjacent to an activating group) is 1. The average molecular weight is 278 g/mol. The molecule has 2 atom stereocenters. The minimum absolute atomic E-state index is 0.135. The lowest BCUT2D eigenvalue weighted by Gasteiger charge is -2.30. The molecule has 1 saturated heterocycles. The van der Waals surface area contributed by atoms with Crippen molar-refractivity contribution in [1.82, 2.24) is 4.90 Å². The second-order valence-electron chi connectivity index (χ2n) is 5.81. The van der Waals surface area contributed by atoms with Crippen LogP contribution < -0.4 is 10.5 Å². The van der Waals surface area contributed by atoms with E-state index in [2.05, 4.69) is 37.1 Å². The first-order valence-electron chi connectivity index (χ1n) is 7.33. The van der Waals surface area contributed by atoms with Gasteiger partial charge in [0.25, 0.3) is 0 Å². The first kappa shape index (κ1) is 15.3. The maximum absolute atomic E-state index is 6.05. The molecule has 4 heteroatoms. The number of morpholine rings is 1. The van der Waals surface area contributed by atoms with E-state index in [1.165, 1.54) is 5.56 Å². The van der Waals surface area contributed by atoms with E-state index < -0.39 is 0 Å². The molecule has 0 spiro atoms. The average Bonchev–Trinajstić information content (AvgIpc) is 2.37. The summed E-state index contributed by atoms with van der Waals surface area (Å²) in [5.74, 6) is 0.974. The Kier molecular flexibility index (Phi) is 5.40. The molecule has 2 N–H and O–H groups in total. The van der Waals surface area contributed by atoms with Gasteiger partial charge in [-0.2, -0.15) is 0 Å². The van der Waals surface area contributed by atoms with Crippen LogP contribution in [0.25, 0.3) is 0 Å². The third kappa shape index (κ3) is 4.20. The van der Waals surface area contributed by atoms with Crippen LogP contribution >= 0.6 is 0 Å². The minimum atomic E-state index is 0.135. The third-order valence-corrected chi connectivity index (χ3v) is 3.59. The summed E-state index contributed by atoms with van der Waals surface area (Å²) in [4.78, 5) is 2.28. The summed E-state index contributed by atoms with van der Waals surface area (Å²) in [6.45, 7) is 7.40. The van der Waals surface area contributed by atoms with E-state index in [0.717, 1.165) is 37.4 Å². The highest BCUT2D eigenvalue weighted by Crippen LogP contribution is 2.25. The Morgan fingerprint density at radius 1 is 1.50 bits per heavy atom. The number of nitrogens with zero attached hydrogens (tertiary/aromatic N) is 1. The highest BCUT2D eigenvalue weighted by molar-refractivity contribution is 5.41. The van der Waals surface area contributed by atoms with Crippen molar-refractivity contribution < 1.29 is 9.47 Å². The van der Waals surface area contributed by atoms with Crippen molar-refractivity contribution in [1.29, 1.82) is 0 Å². The molecule has 1 aromatic rings. The molecule has 1 aromatic carbocycles. The Hall–Kier alpha value is -1.10. The number of hydrogen-bond acceptors (Lipinski definition) is 4. The zero-order chi connectivity index (χ0) is 14.5. The van der Waals surface area contributed by atoms with Crippen molar-refractivity contribution in [3.63, 3.8) is 0 Å². The minimum Gasteiger partial charge on any atom is -0.490 e. The molecule has 2 rings (SSSR count). The molecule has 0 radical (unpaired) electrons. The summed E-state index contributed by atoms with van der Waals surface area (Å²) in [6, 6.07) is 6.37. The van der Waals surface area contributed by atoms with Crippen molar-refractivity contribution in [3.8, 4) is 5.75 Å². The number of rotatable bonds is 5. The second kappa shape index (κ2) is 7.07. The largest absolute Gasteiger partial charge is 0.490 e. The van der Waals surface area contributed by atoms with Crippen molar-refractivity contribution in [2.45, 2.75) is 32.4 Å². The van der Waals surface area contributed by atoms with Crippen molar-refractivity contribution in [2.75, 3.05) is 33.4 Å². The highest BCUT2D eigenvalue weighted by atomic mass is 16.5. The van der Waals surface area contributed by atoms with Gasteiger partial charge in [0, 0.05) is 19.1 Å². The van der Waals surface area contributed by atoms with Crippen LogP contribution in [-0.4, -0.2) is 50.4 Å². The normalized spacial score (nSPS) is 21.7. The van der Waals surface area contributed by atoms with Gasteiger partial charge in [-0.1, -0.05) is 18.2 Å². The van der Waals surface area contributed by atoms with E-state index in [-0.39, 0.29) is 12.1 Å². The molecule has 1 heterocycles. The maximum Gasteiger partial charge on any atom is 0.125 e. The molecule has 0 aliphatic carbocycles. The van der Waals surface area contributed by atoms with Crippen molar-refractivity contribution >= 4 is 0 Å². The lowest BCUT2D eigenvalue weighted by Crippen LogP contribution is -2.42.